The molecule has 2 rings (SSSR count). The van der Waals surface area contributed by atoms with Gasteiger partial charge in [0, 0.05) is 6.20 Å². The first-order chi connectivity index (χ1) is 8.74. The van der Waals surface area contributed by atoms with Crippen molar-refractivity contribution in [1.82, 2.24) is 15.0 Å². The van der Waals surface area contributed by atoms with Crippen molar-refractivity contribution in [2.75, 3.05) is 17.7 Å². The molecule has 2 aromatic rings. The molecule has 0 saturated heterocycles. The topological polar surface area (TPSA) is 99.8 Å². The van der Waals surface area contributed by atoms with Crippen LogP contribution in [0.25, 0.3) is 11.0 Å². The molecule has 1 atom stereocenters. The molecule has 0 aromatic carbocycles. The Labute approximate surface area is 106 Å². The van der Waals surface area contributed by atoms with Crippen molar-refractivity contribution in [3.63, 3.8) is 0 Å². The minimum atomic E-state index is -0.00856. The molecule has 0 amide bonds. The molecule has 1 unspecified atom stereocenters. The van der Waals surface area contributed by atoms with Crippen molar-refractivity contribution < 1.29 is 5.11 Å². The summed E-state index contributed by atoms with van der Waals surface area (Å²) in [5, 5.41) is 12.6. The van der Waals surface area contributed by atoms with Gasteiger partial charge < -0.3 is 21.1 Å². The van der Waals surface area contributed by atoms with E-state index >= 15 is 0 Å². The number of hydrogen-bond acceptors (Lipinski definition) is 5. The Bertz CT molecular complexity index is 510. The quantitative estimate of drug-likeness (QED) is 0.621. The van der Waals surface area contributed by atoms with Crippen LogP contribution in [0.4, 0.5) is 11.8 Å². The largest absolute Gasteiger partial charge is 0.394 e. The fourth-order valence-electron chi connectivity index (χ4n) is 1.92. The summed E-state index contributed by atoms with van der Waals surface area (Å²) in [6.07, 6.45) is 4.86. The van der Waals surface area contributed by atoms with E-state index in [2.05, 4.69) is 27.2 Å². The van der Waals surface area contributed by atoms with Gasteiger partial charge in [0.2, 0.25) is 5.95 Å². The molecule has 0 fully saturated rings. The average molecular weight is 249 g/mol. The zero-order chi connectivity index (χ0) is 13.0. The zero-order valence-electron chi connectivity index (χ0n) is 10.5. The Morgan fingerprint density at radius 2 is 2.33 bits per heavy atom. The van der Waals surface area contributed by atoms with E-state index in [1.807, 2.05) is 6.07 Å². The van der Waals surface area contributed by atoms with E-state index in [9.17, 15) is 5.11 Å². The van der Waals surface area contributed by atoms with E-state index in [0.29, 0.717) is 5.82 Å². The number of H-pyrrole nitrogens is 1. The van der Waals surface area contributed by atoms with Crippen LogP contribution in [0.1, 0.15) is 26.2 Å². The van der Waals surface area contributed by atoms with Gasteiger partial charge in [0.05, 0.1) is 18.2 Å². The molecule has 0 saturated carbocycles. The summed E-state index contributed by atoms with van der Waals surface area (Å²) in [5.41, 5.74) is 7.26. The summed E-state index contributed by atoms with van der Waals surface area (Å²) in [6.45, 7) is 2.20. The molecule has 0 spiro atoms. The van der Waals surface area contributed by atoms with E-state index < -0.39 is 0 Å². The molecule has 0 aliphatic carbocycles. The van der Waals surface area contributed by atoms with Crippen LogP contribution in [-0.2, 0) is 0 Å². The van der Waals surface area contributed by atoms with Crippen molar-refractivity contribution in [3.8, 4) is 0 Å². The van der Waals surface area contributed by atoms with Gasteiger partial charge in [0.1, 0.15) is 5.52 Å². The molecule has 6 heteroatoms. The monoisotopic (exact) mass is 249 g/mol. The maximum atomic E-state index is 9.36. The summed E-state index contributed by atoms with van der Waals surface area (Å²) in [7, 11) is 0. The Kier molecular flexibility index (Phi) is 3.99. The Morgan fingerprint density at radius 3 is 3.06 bits per heavy atom. The number of aliphatic hydroxyl groups is 1. The molecule has 5 N–H and O–H groups in total. The number of fused-ring (bicyclic) bond motifs is 1. The van der Waals surface area contributed by atoms with Gasteiger partial charge in [-0.15, -0.1) is 0 Å². The molecule has 18 heavy (non-hydrogen) atoms. The van der Waals surface area contributed by atoms with Gasteiger partial charge in [-0.1, -0.05) is 19.8 Å². The molecule has 0 bridgehead atoms. The summed E-state index contributed by atoms with van der Waals surface area (Å²) >= 11 is 0. The Balaban J connectivity index is 2.21. The highest BCUT2D eigenvalue weighted by molar-refractivity contribution is 5.86. The number of aromatic nitrogens is 3. The molecule has 2 aromatic heterocycles. The molecular weight excluding hydrogens is 230 g/mol. The van der Waals surface area contributed by atoms with E-state index in [1.165, 1.54) is 0 Å². The minimum absolute atomic E-state index is 0.00856. The van der Waals surface area contributed by atoms with Gasteiger partial charge in [0.25, 0.3) is 0 Å². The second kappa shape index (κ2) is 5.68. The number of aliphatic hydroxyl groups excluding tert-OH is 1. The molecular formula is C12H19N5O. The molecule has 0 radical (unpaired) electrons. The van der Waals surface area contributed by atoms with Crippen LogP contribution < -0.4 is 11.1 Å². The number of aromatic amines is 1. The number of hydrogen-bond donors (Lipinski definition) is 4. The van der Waals surface area contributed by atoms with E-state index in [4.69, 9.17) is 5.73 Å². The van der Waals surface area contributed by atoms with Crippen molar-refractivity contribution >= 4 is 22.8 Å². The highest BCUT2D eigenvalue weighted by Crippen LogP contribution is 2.20. The lowest BCUT2D eigenvalue weighted by Crippen LogP contribution is -2.24. The van der Waals surface area contributed by atoms with Crippen LogP contribution in [0.5, 0.6) is 0 Å². The van der Waals surface area contributed by atoms with Crippen LogP contribution in [0, 0.1) is 0 Å². The lowest BCUT2D eigenvalue weighted by Gasteiger charge is -2.17. The van der Waals surface area contributed by atoms with Gasteiger partial charge in [-0.3, -0.25) is 0 Å². The predicted octanol–water partition coefficient (Wildman–Crippen LogP) is 1.50. The third kappa shape index (κ3) is 2.70. The first-order valence-electron chi connectivity index (χ1n) is 6.22. The van der Waals surface area contributed by atoms with Crippen LogP contribution in [0.2, 0.25) is 0 Å². The average Bonchev–Trinajstić information content (AvgIpc) is 2.82. The number of nitrogens with two attached hydrogens (primary N) is 1. The molecule has 0 aliphatic heterocycles. The first kappa shape index (κ1) is 12.6. The van der Waals surface area contributed by atoms with E-state index in [1.54, 1.807) is 6.20 Å². The Hall–Kier alpha value is -1.82. The number of unbranched alkanes of at least 4 members (excludes halogenated alkanes) is 1. The van der Waals surface area contributed by atoms with Crippen LogP contribution in [0.3, 0.4) is 0 Å². The fraction of sp³-hybridized carbons (Fsp3) is 0.500. The van der Waals surface area contributed by atoms with Gasteiger partial charge >= 0.3 is 0 Å². The maximum absolute atomic E-state index is 9.36. The molecule has 6 nitrogen and oxygen atoms in total. The number of nitrogens with one attached hydrogen (secondary N) is 2. The fourth-order valence-corrected chi connectivity index (χ4v) is 1.92. The molecule has 0 aliphatic rings. The summed E-state index contributed by atoms with van der Waals surface area (Å²) in [4.78, 5) is 11.4. The van der Waals surface area contributed by atoms with Crippen molar-refractivity contribution in [2.45, 2.75) is 32.2 Å². The van der Waals surface area contributed by atoms with Crippen molar-refractivity contribution in [3.05, 3.63) is 12.3 Å². The van der Waals surface area contributed by atoms with Crippen molar-refractivity contribution in [2.24, 2.45) is 0 Å². The summed E-state index contributed by atoms with van der Waals surface area (Å²) in [6, 6.07) is 1.84. The van der Waals surface area contributed by atoms with Gasteiger partial charge in [-0.05, 0) is 12.5 Å². The van der Waals surface area contributed by atoms with Crippen LogP contribution in [0.15, 0.2) is 12.3 Å². The van der Waals surface area contributed by atoms with Crippen molar-refractivity contribution in [1.29, 1.82) is 0 Å². The Morgan fingerprint density at radius 1 is 1.50 bits per heavy atom. The first-order valence-corrected chi connectivity index (χ1v) is 6.22. The third-order valence-corrected chi connectivity index (χ3v) is 2.89. The second-order valence-electron chi connectivity index (χ2n) is 4.33. The molecule has 98 valence electrons. The normalized spacial score (nSPS) is 12.8. The lowest BCUT2D eigenvalue weighted by atomic mass is 10.1. The third-order valence-electron chi connectivity index (χ3n) is 2.89. The molecule has 2 heterocycles. The summed E-state index contributed by atoms with van der Waals surface area (Å²) in [5.74, 6) is 0.884. The van der Waals surface area contributed by atoms with E-state index in [-0.39, 0.29) is 18.6 Å². The number of nitrogen functional groups attached to an aromatic ring is 1. The number of nitrogens with zero attached hydrogens (tertiary/aromatic N) is 2. The van der Waals surface area contributed by atoms with Gasteiger partial charge in [0.15, 0.2) is 5.82 Å². The highest BCUT2D eigenvalue weighted by atomic mass is 16.3. The standard InChI is InChI=1S/C12H19N5O/c1-2-3-4-8(7-18)15-11-10-9(5-6-14-10)16-12(13)17-11/h5-6,8,14,18H,2-4,7H2,1H3,(H3,13,15,16,17). The van der Waals surface area contributed by atoms with E-state index in [0.717, 1.165) is 30.3 Å². The van der Waals surface area contributed by atoms with Crippen LogP contribution in [-0.4, -0.2) is 32.7 Å². The lowest BCUT2D eigenvalue weighted by molar-refractivity contribution is 0.267. The predicted molar refractivity (Wildman–Crippen MR) is 72.3 cm³/mol. The minimum Gasteiger partial charge on any atom is -0.394 e. The van der Waals surface area contributed by atoms with Gasteiger partial charge in [-0.2, -0.15) is 4.98 Å². The van der Waals surface area contributed by atoms with Gasteiger partial charge in [-0.25, -0.2) is 4.98 Å². The number of anilines is 2. The number of rotatable bonds is 6. The highest BCUT2D eigenvalue weighted by Gasteiger charge is 2.12. The zero-order valence-corrected chi connectivity index (χ0v) is 10.5. The maximum Gasteiger partial charge on any atom is 0.222 e. The van der Waals surface area contributed by atoms with Crippen LogP contribution >= 0.6 is 0 Å². The summed E-state index contributed by atoms with van der Waals surface area (Å²) < 4.78 is 0. The SMILES string of the molecule is CCCCC(CO)Nc1nc(N)nc2cc[nH]c12. The second-order valence-corrected chi connectivity index (χ2v) is 4.33. The smallest absolute Gasteiger partial charge is 0.222 e.